The lowest BCUT2D eigenvalue weighted by Crippen LogP contribution is -2.39. The average molecular weight is 389 g/mol. The van der Waals surface area contributed by atoms with Crippen LogP contribution in [-0.2, 0) is 0 Å². The molecule has 7 nitrogen and oxygen atoms in total. The molecule has 0 spiro atoms. The van der Waals surface area contributed by atoms with E-state index in [4.69, 9.17) is 10.00 Å². The summed E-state index contributed by atoms with van der Waals surface area (Å²) in [4.78, 5) is 15.2. The number of piperidine rings is 1. The lowest BCUT2D eigenvalue weighted by atomic mass is 10.1. The Labute approximate surface area is 169 Å². The van der Waals surface area contributed by atoms with Gasteiger partial charge in [-0.05, 0) is 49.2 Å². The van der Waals surface area contributed by atoms with E-state index in [1.807, 2.05) is 30.3 Å². The van der Waals surface area contributed by atoms with Gasteiger partial charge in [-0.2, -0.15) is 10.4 Å². The molecule has 0 saturated carbocycles. The Bertz CT molecular complexity index is 1030. The smallest absolute Gasteiger partial charge is 0.350 e. The van der Waals surface area contributed by atoms with Gasteiger partial charge in [-0.25, -0.2) is 14.0 Å². The lowest BCUT2D eigenvalue weighted by Gasteiger charge is -2.31. The second kappa shape index (κ2) is 8.76. The highest BCUT2D eigenvalue weighted by atomic mass is 16.5. The van der Waals surface area contributed by atoms with Crippen LogP contribution in [0.3, 0.4) is 0 Å². The van der Waals surface area contributed by atoms with Crippen LogP contribution in [0.1, 0.15) is 24.4 Å². The van der Waals surface area contributed by atoms with Crippen molar-refractivity contribution in [2.75, 3.05) is 26.2 Å². The van der Waals surface area contributed by atoms with Gasteiger partial charge in [-0.3, -0.25) is 4.90 Å². The third kappa shape index (κ3) is 4.39. The van der Waals surface area contributed by atoms with Gasteiger partial charge in [-0.15, -0.1) is 0 Å². The Morgan fingerprint density at radius 1 is 1.07 bits per heavy atom. The first-order chi connectivity index (χ1) is 14.2. The zero-order chi connectivity index (χ0) is 20.1. The predicted octanol–water partition coefficient (Wildman–Crippen LogP) is 2.62. The zero-order valence-electron chi connectivity index (χ0n) is 16.1. The van der Waals surface area contributed by atoms with Crippen LogP contribution in [0.25, 0.3) is 5.69 Å². The van der Waals surface area contributed by atoms with E-state index in [9.17, 15) is 4.79 Å². The van der Waals surface area contributed by atoms with Crippen LogP contribution in [0.2, 0.25) is 0 Å². The highest BCUT2D eigenvalue weighted by Crippen LogP contribution is 2.20. The standard InChI is InChI=1S/C22H23N5O2/c23-16-18-6-8-19(9-7-18)26-17-24-27(22(26)28)20-10-12-25(13-11-20)14-15-29-21-4-2-1-3-5-21/h1-9,17,20H,10-15H2. The van der Waals surface area contributed by atoms with Crippen LogP contribution in [0, 0.1) is 11.3 Å². The van der Waals surface area contributed by atoms with E-state index in [1.54, 1.807) is 35.3 Å². The molecule has 1 saturated heterocycles. The predicted molar refractivity (Wildman–Crippen MR) is 109 cm³/mol. The maximum atomic E-state index is 12.8. The van der Waals surface area contributed by atoms with Gasteiger partial charge in [0.2, 0.25) is 0 Å². The minimum Gasteiger partial charge on any atom is -0.492 e. The number of para-hydroxylation sites is 1. The molecule has 0 unspecified atom stereocenters. The molecule has 2 aromatic carbocycles. The fourth-order valence-electron chi connectivity index (χ4n) is 3.64. The fraction of sp³-hybridized carbons (Fsp3) is 0.318. The number of rotatable bonds is 6. The Morgan fingerprint density at radius 2 is 1.79 bits per heavy atom. The molecule has 1 aromatic heterocycles. The molecule has 0 aliphatic carbocycles. The van der Waals surface area contributed by atoms with Crippen molar-refractivity contribution < 1.29 is 4.74 Å². The molecule has 4 rings (SSSR count). The first kappa shape index (κ1) is 19.0. The van der Waals surface area contributed by atoms with Crippen LogP contribution < -0.4 is 10.4 Å². The first-order valence-electron chi connectivity index (χ1n) is 9.81. The van der Waals surface area contributed by atoms with Crippen LogP contribution >= 0.6 is 0 Å². The Hall–Kier alpha value is -3.37. The summed E-state index contributed by atoms with van der Waals surface area (Å²) in [6, 6.07) is 19.0. The van der Waals surface area contributed by atoms with Crippen molar-refractivity contribution in [1.29, 1.82) is 5.26 Å². The summed E-state index contributed by atoms with van der Waals surface area (Å²) >= 11 is 0. The third-order valence-electron chi connectivity index (χ3n) is 5.29. The molecule has 1 fully saturated rings. The molecule has 0 N–H and O–H groups in total. The van der Waals surface area contributed by atoms with Crippen LogP contribution in [0.5, 0.6) is 5.75 Å². The van der Waals surface area contributed by atoms with E-state index in [-0.39, 0.29) is 11.7 Å². The molecule has 0 radical (unpaired) electrons. The quantitative estimate of drug-likeness (QED) is 0.648. The SMILES string of the molecule is N#Cc1ccc(-n2cnn(C3CCN(CCOc4ccccc4)CC3)c2=O)cc1. The number of aromatic nitrogens is 3. The van der Waals surface area contributed by atoms with E-state index in [1.165, 1.54) is 4.57 Å². The number of benzene rings is 2. The largest absolute Gasteiger partial charge is 0.492 e. The molecule has 29 heavy (non-hydrogen) atoms. The number of hydrogen-bond acceptors (Lipinski definition) is 5. The summed E-state index contributed by atoms with van der Waals surface area (Å²) in [6.07, 6.45) is 3.33. The summed E-state index contributed by atoms with van der Waals surface area (Å²) < 4.78 is 8.90. The summed E-state index contributed by atoms with van der Waals surface area (Å²) in [7, 11) is 0. The second-order valence-corrected chi connectivity index (χ2v) is 7.12. The van der Waals surface area contributed by atoms with E-state index < -0.39 is 0 Å². The number of nitrogens with zero attached hydrogens (tertiary/aromatic N) is 5. The topological polar surface area (TPSA) is 76.1 Å². The summed E-state index contributed by atoms with van der Waals surface area (Å²) in [5.41, 5.74) is 1.15. The summed E-state index contributed by atoms with van der Waals surface area (Å²) in [5.74, 6) is 0.891. The van der Waals surface area contributed by atoms with E-state index >= 15 is 0 Å². The number of likely N-dealkylation sites (tertiary alicyclic amines) is 1. The van der Waals surface area contributed by atoms with Crippen molar-refractivity contribution >= 4 is 0 Å². The van der Waals surface area contributed by atoms with Crippen molar-refractivity contribution in [2.45, 2.75) is 18.9 Å². The molecule has 7 heteroatoms. The molecular formula is C22H23N5O2. The molecule has 2 heterocycles. The van der Waals surface area contributed by atoms with Crippen molar-refractivity contribution in [1.82, 2.24) is 19.2 Å². The molecule has 1 aliphatic heterocycles. The van der Waals surface area contributed by atoms with Gasteiger partial charge < -0.3 is 4.74 Å². The number of ether oxygens (including phenoxy) is 1. The summed E-state index contributed by atoms with van der Waals surface area (Å²) in [6.45, 7) is 3.36. The first-order valence-corrected chi connectivity index (χ1v) is 9.81. The van der Waals surface area contributed by atoms with Gasteiger partial charge in [0, 0.05) is 19.6 Å². The Kier molecular flexibility index (Phi) is 5.73. The van der Waals surface area contributed by atoms with Gasteiger partial charge in [0.1, 0.15) is 18.7 Å². The normalized spacial score (nSPS) is 15.1. The molecular weight excluding hydrogens is 366 g/mol. The minimum atomic E-state index is -0.138. The highest BCUT2D eigenvalue weighted by Gasteiger charge is 2.23. The van der Waals surface area contributed by atoms with Crippen molar-refractivity contribution in [2.24, 2.45) is 0 Å². The fourth-order valence-corrected chi connectivity index (χ4v) is 3.64. The van der Waals surface area contributed by atoms with Gasteiger partial charge in [0.15, 0.2) is 0 Å². The Balaban J connectivity index is 1.32. The monoisotopic (exact) mass is 389 g/mol. The van der Waals surface area contributed by atoms with Gasteiger partial charge >= 0.3 is 5.69 Å². The van der Waals surface area contributed by atoms with Crippen molar-refractivity contribution in [3.8, 4) is 17.5 Å². The average Bonchev–Trinajstić information content (AvgIpc) is 3.16. The highest BCUT2D eigenvalue weighted by molar-refractivity contribution is 5.38. The van der Waals surface area contributed by atoms with Crippen molar-refractivity contribution in [3.05, 3.63) is 77.0 Å². The van der Waals surface area contributed by atoms with E-state index in [2.05, 4.69) is 16.1 Å². The number of hydrogen-bond donors (Lipinski definition) is 0. The van der Waals surface area contributed by atoms with Gasteiger partial charge in [0.05, 0.1) is 23.4 Å². The summed E-state index contributed by atoms with van der Waals surface area (Å²) in [5, 5.41) is 13.3. The number of nitriles is 1. The van der Waals surface area contributed by atoms with Crippen molar-refractivity contribution in [3.63, 3.8) is 0 Å². The molecule has 1 aliphatic rings. The van der Waals surface area contributed by atoms with Crippen LogP contribution in [0.15, 0.2) is 65.7 Å². The molecule has 0 amide bonds. The van der Waals surface area contributed by atoms with E-state index in [0.29, 0.717) is 12.2 Å². The third-order valence-corrected chi connectivity index (χ3v) is 5.29. The van der Waals surface area contributed by atoms with Gasteiger partial charge in [0.25, 0.3) is 0 Å². The second-order valence-electron chi connectivity index (χ2n) is 7.12. The maximum Gasteiger partial charge on any atom is 0.350 e. The van der Waals surface area contributed by atoms with Crippen LogP contribution in [-0.4, -0.2) is 45.5 Å². The van der Waals surface area contributed by atoms with Crippen LogP contribution in [0.4, 0.5) is 0 Å². The minimum absolute atomic E-state index is 0.105. The Morgan fingerprint density at radius 3 is 2.48 bits per heavy atom. The van der Waals surface area contributed by atoms with Gasteiger partial charge in [-0.1, -0.05) is 18.2 Å². The maximum absolute atomic E-state index is 12.8. The molecule has 3 aromatic rings. The zero-order valence-corrected chi connectivity index (χ0v) is 16.1. The molecule has 148 valence electrons. The molecule has 0 atom stereocenters. The molecule has 0 bridgehead atoms. The van der Waals surface area contributed by atoms with E-state index in [0.717, 1.165) is 43.9 Å². The lowest BCUT2D eigenvalue weighted by molar-refractivity contribution is 0.151.